The molecule has 3 aromatic heterocycles. The molecule has 1 amide bonds. The number of para-hydroxylation sites is 1. The van der Waals surface area contributed by atoms with Gasteiger partial charge in [0.25, 0.3) is 5.91 Å². The van der Waals surface area contributed by atoms with Crippen LogP contribution in [0.4, 0.5) is 0 Å². The summed E-state index contributed by atoms with van der Waals surface area (Å²) in [6.45, 7) is 4.75. The van der Waals surface area contributed by atoms with Crippen LogP contribution >= 0.6 is 0 Å². The fourth-order valence-electron chi connectivity index (χ4n) is 3.76. The monoisotopic (exact) mass is 387 g/mol. The first-order valence-electron chi connectivity index (χ1n) is 10.1. The van der Waals surface area contributed by atoms with Gasteiger partial charge in [0.05, 0.1) is 17.5 Å². The molecule has 4 aromatic rings. The number of nitrogens with one attached hydrogen (secondary N) is 2. The largest absolute Gasteiger partial charge is 0.361 e. The van der Waals surface area contributed by atoms with Crippen molar-refractivity contribution >= 4 is 16.8 Å². The number of carbonyl (C=O) groups is 1. The lowest BCUT2D eigenvalue weighted by Gasteiger charge is -2.08. The van der Waals surface area contributed by atoms with Crippen LogP contribution in [-0.2, 0) is 19.3 Å². The third-order valence-corrected chi connectivity index (χ3v) is 5.26. The average Bonchev–Trinajstić information content (AvgIpc) is 3.38. The van der Waals surface area contributed by atoms with E-state index in [1.807, 2.05) is 31.3 Å². The summed E-state index contributed by atoms with van der Waals surface area (Å²) < 4.78 is 1.74. The van der Waals surface area contributed by atoms with E-state index in [4.69, 9.17) is 0 Å². The van der Waals surface area contributed by atoms with Crippen LogP contribution in [0.5, 0.6) is 0 Å². The van der Waals surface area contributed by atoms with Crippen LogP contribution in [0, 0.1) is 0 Å². The van der Waals surface area contributed by atoms with Crippen molar-refractivity contribution in [2.45, 2.75) is 33.1 Å². The van der Waals surface area contributed by atoms with Crippen molar-refractivity contribution in [2.24, 2.45) is 0 Å². The summed E-state index contributed by atoms with van der Waals surface area (Å²) in [5.74, 6) is 0.618. The molecule has 4 rings (SSSR count). The van der Waals surface area contributed by atoms with Crippen LogP contribution in [0.25, 0.3) is 16.7 Å². The van der Waals surface area contributed by atoms with Gasteiger partial charge in [-0.15, -0.1) is 0 Å². The van der Waals surface area contributed by atoms with Crippen molar-refractivity contribution in [3.63, 3.8) is 0 Å². The molecule has 0 saturated carbocycles. The Labute approximate surface area is 170 Å². The fourth-order valence-corrected chi connectivity index (χ4v) is 3.76. The zero-order valence-corrected chi connectivity index (χ0v) is 16.8. The first-order valence-corrected chi connectivity index (χ1v) is 10.1. The number of aromatic amines is 1. The van der Waals surface area contributed by atoms with E-state index in [1.54, 1.807) is 17.1 Å². The zero-order chi connectivity index (χ0) is 20.2. The highest BCUT2D eigenvalue weighted by molar-refractivity contribution is 5.95. The second-order valence-electron chi connectivity index (χ2n) is 6.97. The third-order valence-electron chi connectivity index (χ3n) is 5.26. The summed E-state index contributed by atoms with van der Waals surface area (Å²) in [4.78, 5) is 20.5. The maximum atomic E-state index is 12.8. The molecule has 0 aliphatic rings. The Morgan fingerprint density at radius 3 is 2.76 bits per heavy atom. The van der Waals surface area contributed by atoms with Gasteiger partial charge in [-0.25, -0.2) is 9.67 Å². The van der Waals surface area contributed by atoms with Crippen LogP contribution in [-0.4, -0.2) is 32.2 Å². The lowest BCUT2D eigenvalue weighted by molar-refractivity contribution is 0.0953. The van der Waals surface area contributed by atoms with E-state index < -0.39 is 0 Å². The highest BCUT2D eigenvalue weighted by Gasteiger charge is 2.17. The molecule has 6 nitrogen and oxygen atoms in total. The van der Waals surface area contributed by atoms with Gasteiger partial charge in [0.1, 0.15) is 0 Å². The number of aromatic nitrogens is 4. The fraction of sp³-hybridized carbons (Fsp3) is 0.261. The predicted molar refractivity (Wildman–Crippen MR) is 114 cm³/mol. The van der Waals surface area contributed by atoms with Crippen LogP contribution in [0.2, 0.25) is 0 Å². The number of benzene rings is 1. The highest BCUT2D eigenvalue weighted by Crippen LogP contribution is 2.22. The number of hydrogen-bond donors (Lipinski definition) is 2. The minimum atomic E-state index is -0.0990. The van der Waals surface area contributed by atoms with Gasteiger partial charge in [-0.3, -0.25) is 4.79 Å². The van der Waals surface area contributed by atoms with Crippen LogP contribution in [0.15, 0.2) is 55.0 Å². The Balaban J connectivity index is 1.46. The van der Waals surface area contributed by atoms with E-state index in [0.717, 1.165) is 18.5 Å². The molecule has 0 saturated heterocycles. The second kappa shape index (κ2) is 8.31. The summed E-state index contributed by atoms with van der Waals surface area (Å²) >= 11 is 0. The van der Waals surface area contributed by atoms with Crippen molar-refractivity contribution in [2.75, 3.05) is 6.54 Å². The number of hydrogen-bond acceptors (Lipinski definition) is 3. The Kier molecular flexibility index (Phi) is 5.42. The Hall–Kier alpha value is -3.41. The van der Waals surface area contributed by atoms with Crippen molar-refractivity contribution in [3.8, 4) is 5.82 Å². The number of H-pyrrole nitrogens is 1. The minimum absolute atomic E-state index is 0.0990. The molecule has 29 heavy (non-hydrogen) atoms. The van der Waals surface area contributed by atoms with E-state index in [1.165, 1.54) is 22.0 Å². The number of fused-ring (bicyclic) bond motifs is 1. The Morgan fingerprint density at radius 2 is 2.00 bits per heavy atom. The molecule has 0 aliphatic carbocycles. The van der Waals surface area contributed by atoms with Gasteiger partial charge >= 0.3 is 0 Å². The Morgan fingerprint density at radius 1 is 1.10 bits per heavy atom. The predicted octanol–water partition coefficient (Wildman–Crippen LogP) is 3.85. The molecule has 1 aromatic carbocycles. The second-order valence-corrected chi connectivity index (χ2v) is 6.97. The summed E-state index contributed by atoms with van der Waals surface area (Å²) in [5.41, 5.74) is 5.19. The third kappa shape index (κ3) is 3.66. The van der Waals surface area contributed by atoms with E-state index in [-0.39, 0.29) is 5.91 Å². The van der Waals surface area contributed by atoms with Gasteiger partial charge in [0, 0.05) is 29.8 Å². The molecule has 148 valence electrons. The number of pyridine rings is 1. The molecule has 2 N–H and O–H groups in total. The normalized spacial score (nSPS) is 11.1. The van der Waals surface area contributed by atoms with Crippen molar-refractivity contribution in [3.05, 3.63) is 77.4 Å². The lowest BCUT2D eigenvalue weighted by atomic mass is 10.1. The summed E-state index contributed by atoms with van der Waals surface area (Å²) in [6, 6.07) is 12.0. The summed E-state index contributed by atoms with van der Waals surface area (Å²) in [6.07, 6.45) is 7.86. The molecule has 0 atom stereocenters. The highest BCUT2D eigenvalue weighted by atomic mass is 16.1. The molecule has 0 unspecified atom stereocenters. The zero-order valence-electron chi connectivity index (χ0n) is 16.8. The van der Waals surface area contributed by atoms with E-state index in [2.05, 4.69) is 45.5 Å². The number of aryl methyl sites for hydroxylation is 1. The first-order chi connectivity index (χ1) is 14.2. The van der Waals surface area contributed by atoms with E-state index in [0.29, 0.717) is 24.3 Å². The van der Waals surface area contributed by atoms with Crippen molar-refractivity contribution in [1.82, 2.24) is 25.1 Å². The maximum absolute atomic E-state index is 12.8. The number of carbonyl (C=O) groups excluding carboxylic acids is 1. The van der Waals surface area contributed by atoms with Crippen molar-refractivity contribution < 1.29 is 4.79 Å². The molecule has 0 fully saturated rings. The first kappa shape index (κ1) is 18.9. The summed E-state index contributed by atoms with van der Waals surface area (Å²) in [5, 5.41) is 8.66. The molecule has 3 heterocycles. The van der Waals surface area contributed by atoms with Gasteiger partial charge < -0.3 is 10.3 Å². The van der Waals surface area contributed by atoms with Gasteiger partial charge in [0.2, 0.25) is 0 Å². The standard InChI is InChI=1S/C23H25N5O/c1-3-16-8-7-9-18-17(14-26-22(16)18)11-13-25-23(29)19-15-27-28(20(19)4-2)21-10-5-6-12-24-21/h5-10,12,14-15,26H,3-4,11,13H2,1-2H3,(H,25,29). The van der Waals surface area contributed by atoms with Crippen LogP contribution < -0.4 is 5.32 Å². The average molecular weight is 387 g/mol. The van der Waals surface area contributed by atoms with E-state index in [9.17, 15) is 4.79 Å². The maximum Gasteiger partial charge on any atom is 0.254 e. The van der Waals surface area contributed by atoms with Gasteiger partial charge in [0.15, 0.2) is 5.82 Å². The topological polar surface area (TPSA) is 75.6 Å². The molecule has 0 aliphatic heterocycles. The van der Waals surface area contributed by atoms with Gasteiger partial charge in [-0.05, 0) is 42.5 Å². The summed E-state index contributed by atoms with van der Waals surface area (Å²) in [7, 11) is 0. The number of rotatable bonds is 7. The molecular weight excluding hydrogens is 362 g/mol. The van der Waals surface area contributed by atoms with Crippen LogP contribution in [0.1, 0.15) is 41.0 Å². The lowest BCUT2D eigenvalue weighted by Crippen LogP contribution is -2.26. The smallest absolute Gasteiger partial charge is 0.254 e. The quantitative estimate of drug-likeness (QED) is 0.506. The van der Waals surface area contributed by atoms with Gasteiger partial charge in [-0.1, -0.05) is 38.1 Å². The number of nitrogens with zero attached hydrogens (tertiary/aromatic N) is 3. The van der Waals surface area contributed by atoms with Crippen molar-refractivity contribution in [1.29, 1.82) is 0 Å². The van der Waals surface area contributed by atoms with E-state index >= 15 is 0 Å². The molecular formula is C23H25N5O. The molecule has 0 spiro atoms. The van der Waals surface area contributed by atoms with Crippen LogP contribution in [0.3, 0.4) is 0 Å². The minimum Gasteiger partial charge on any atom is -0.361 e. The number of amides is 1. The molecule has 6 heteroatoms. The Bertz CT molecular complexity index is 1130. The molecule has 0 radical (unpaired) electrons. The van der Waals surface area contributed by atoms with Gasteiger partial charge in [-0.2, -0.15) is 5.10 Å². The SMILES string of the molecule is CCc1cccc2c(CCNC(=O)c3cnn(-c4ccccn4)c3CC)c[nH]c12. The molecule has 0 bridgehead atoms.